The van der Waals surface area contributed by atoms with E-state index in [9.17, 15) is 15.0 Å². The number of phenolic OH excluding ortho intramolecular Hbond substituents is 2. The van der Waals surface area contributed by atoms with Crippen molar-refractivity contribution in [3.63, 3.8) is 0 Å². The van der Waals surface area contributed by atoms with Crippen molar-refractivity contribution in [1.29, 1.82) is 0 Å². The van der Waals surface area contributed by atoms with Crippen molar-refractivity contribution in [2.75, 3.05) is 13.2 Å². The fourth-order valence-corrected chi connectivity index (χ4v) is 5.31. The van der Waals surface area contributed by atoms with E-state index in [4.69, 9.17) is 24.2 Å². The van der Waals surface area contributed by atoms with Gasteiger partial charge in [0.1, 0.15) is 22.5 Å². The highest BCUT2D eigenvalue weighted by Gasteiger charge is 2.45. The first kappa shape index (κ1) is 28.5. The molecule has 1 aliphatic rings. The predicted molar refractivity (Wildman–Crippen MR) is 164 cm³/mol. The highest BCUT2D eigenvalue weighted by atomic mass is 16.7. The van der Waals surface area contributed by atoms with E-state index < -0.39 is 17.0 Å². The molecule has 44 heavy (non-hydrogen) atoms. The van der Waals surface area contributed by atoms with Crippen LogP contribution in [0.4, 0.5) is 0 Å². The third-order valence-corrected chi connectivity index (χ3v) is 7.40. The normalized spacial score (nSPS) is 13.0. The summed E-state index contributed by atoms with van der Waals surface area (Å²) in [6.45, 7) is 0.654. The number of unbranched alkanes of at least 4 members (excludes halogenated alkanes) is 3. The highest BCUT2D eigenvalue weighted by molar-refractivity contribution is 5.88. The molecule has 0 saturated carbocycles. The minimum atomic E-state index is -1.23. The summed E-state index contributed by atoms with van der Waals surface area (Å²) in [5.41, 5.74) is 9.95. The molecule has 4 aromatic carbocycles. The molecule has 0 amide bonds. The summed E-state index contributed by atoms with van der Waals surface area (Å²) in [5, 5.41) is 24.0. The molecule has 5 aromatic rings. The number of rotatable bonds is 11. The van der Waals surface area contributed by atoms with Gasteiger partial charge in [-0.25, -0.2) is 0 Å². The maximum absolute atomic E-state index is 13.7. The van der Waals surface area contributed by atoms with E-state index in [-0.39, 0.29) is 34.8 Å². The molecule has 10 heteroatoms. The maximum atomic E-state index is 13.7. The zero-order valence-corrected chi connectivity index (χ0v) is 23.7. The van der Waals surface area contributed by atoms with E-state index in [2.05, 4.69) is 10.0 Å². The smallest absolute Gasteiger partial charge is 0.305 e. The molecule has 222 valence electrons. The Kier molecular flexibility index (Phi) is 7.99. The molecule has 2 heterocycles. The number of ether oxygens (including phenoxy) is 3. The minimum Gasteiger partial charge on any atom is -0.508 e. The summed E-state index contributed by atoms with van der Waals surface area (Å²) in [6, 6.07) is 26.8. The maximum Gasteiger partial charge on any atom is 0.305 e. The summed E-state index contributed by atoms with van der Waals surface area (Å²) in [6.07, 6.45) is 3.05. The summed E-state index contributed by atoms with van der Waals surface area (Å²) >= 11 is 0. The molecule has 0 saturated heterocycles. The molecular formula is C34H29N3O7. The Balaban J connectivity index is 1.37. The Bertz CT molecular complexity index is 1860. The molecule has 0 aliphatic carbocycles. The van der Waals surface area contributed by atoms with Crippen LogP contribution in [0.2, 0.25) is 0 Å². The van der Waals surface area contributed by atoms with Gasteiger partial charge in [0.2, 0.25) is 11.2 Å². The zero-order chi connectivity index (χ0) is 30.5. The number of phenols is 2. The van der Waals surface area contributed by atoms with E-state index >= 15 is 0 Å². The summed E-state index contributed by atoms with van der Waals surface area (Å²) in [7, 11) is 0. The number of hydrogen-bond acceptors (Lipinski definition) is 8. The van der Waals surface area contributed by atoms with Crippen LogP contribution in [-0.4, -0.2) is 23.4 Å². The quantitative estimate of drug-likeness (QED) is 0.0689. The van der Waals surface area contributed by atoms with E-state index in [1.807, 2.05) is 60.7 Å². The van der Waals surface area contributed by atoms with Gasteiger partial charge in [-0.1, -0.05) is 78.6 Å². The van der Waals surface area contributed by atoms with Gasteiger partial charge in [0.15, 0.2) is 17.3 Å². The Morgan fingerprint density at radius 2 is 1.50 bits per heavy atom. The van der Waals surface area contributed by atoms with Gasteiger partial charge in [0.25, 0.3) is 0 Å². The fourth-order valence-electron chi connectivity index (χ4n) is 5.31. The number of hydrogen-bond donors (Lipinski definition) is 2. The van der Waals surface area contributed by atoms with E-state index in [0.29, 0.717) is 30.0 Å². The second-order valence-corrected chi connectivity index (χ2v) is 10.4. The van der Waals surface area contributed by atoms with Gasteiger partial charge in [-0.3, -0.25) is 4.79 Å². The molecule has 0 unspecified atom stereocenters. The lowest BCUT2D eigenvalue weighted by atomic mass is 9.97. The molecule has 1 aromatic heterocycles. The molecule has 0 radical (unpaired) electrons. The number of benzene rings is 4. The Labute approximate surface area is 252 Å². The molecular weight excluding hydrogens is 562 g/mol. The molecule has 2 N–H and O–H groups in total. The third-order valence-electron chi connectivity index (χ3n) is 7.40. The van der Waals surface area contributed by atoms with Crippen molar-refractivity contribution >= 4 is 11.0 Å². The average Bonchev–Trinajstić information content (AvgIpc) is 3.44. The Hall–Kier alpha value is -5.60. The molecule has 1 aliphatic heterocycles. The largest absolute Gasteiger partial charge is 0.508 e. The van der Waals surface area contributed by atoms with Crippen LogP contribution in [0.15, 0.2) is 105 Å². The van der Waals surface area contributed by atoms with Crippen molar-refractivity contribution in [2.24, 2.45) is 5.11 Å². The average molecular weight is 592 g/mol. The minimum absolute atomic E-state index is 0.00785. The Morgan fingerprint density at radius 3 is 2.20 bits per heavy atom. The van der Waals surface area contributed by atoms with E-state index in [1.165, 1.54) is 6.07 Å². The van der Waals surface area contributed by atoms with Gasteiger partial charge in [-0.15, -0.1) is 0 Å². The fraction of sp³-hybridized carbons (Fsp3) is 0.206. The van der Waals surface area contributed by atoms with E-state index in [0.717, 1.165) is 36.5 Å². The number of nitrogens with zero attached hydrogens (tertiary/aromatic N) is 3. The first-order valence-electron chi connectivity index (χ1n) is 14.3. The van der Waals surface area contributed by atoms with Crippen LogP contribution in [0.1, 0.15) is 36.8 Å². The van der Waals surface area contributed by atoms with Crippen molar-refractivity contribution < 1.29 is 28.8 Å². The topological polar surface area (TPSA) is 147 Å². The molecule has 10 nitrogen and oxygen atoms in total. The second kappa shape index (κ2) is 12.3. The summed E-state index contributed by atoms with van der Waals surface area (Å²) in [4.78, 5) is 16.4. The molecule has 6 rings (SSSR count). The summed E-state index contributed by atoms with van der Waals surface area (Å²) < 4.78 is 25.2. The SMILES string of the molecule is [N-]=[N+]=NCCCCCCOc1c(-c2ccc3c(c2)OC(c2ccccc2)(c2ccccc2)O3)oc2cc(O)cc(O)c2c1=O. The van der Waals surface area contributed by atoms with Gasteiger partial charge in [-0.05, 0) is 36.6 Å². The van der Waals surface area contributed by atoms with Crippen LogP contribution < -0.4 is 19.6 Å². The van der Waals surface area contributed by atoms with Gasteiger partial charge < -0.3 is 28.8 Å². The predicted octanol–water partition coefficient (Wildman–Crippen LogP) is 7.79. The van der Waals surface area contributed by atoms with Crippen LogP contribution in [0.5, 0.6) is 28.7 Å². The van der Waals surface area contributed by atoms with Crippen molar-refractivity contribution in [3.05, 3.63) is 123 Å². The lowest BCUT2D eigenvalue weighted by Crippen LogP contribution is -2.36. The monoisotopic (exact) mass is 591 g/mol. The molecule has 0 atom stereocenters. The van der Waals surface area contributed by atoms with Crippen LogP contribution in [0.25, 0.3) is 32.7 Å². The van der Waals surface area contributed by atoms with Gasteiger partial charge in [0, 0.05) is 40.3 Å². The first-order valence-corrected chi connectivity index (χ1v) is 14.3. The lowest BCUT2D eigenvalue weighted by Gasteiger charge is -2.28. The van der Waals surface area contributed by atoms with Gasteiger partial charge in [0.05, 0.1) is 6.61 Å². The number of azide groups is 1. The van der Waals surface area contributed by atoms with Crippen LogP contribution >= 0.6 is 0 Å². The lowest BCUT2D eigenvalue weighted by molar-refractivity contribution is -0.0459. The van der Waals surface area contributed by atoms with Gasteiger partial charge >= 0.3 is 5.79 Å². The van der Waals surface area contributed by atoms with Crippen molar-refractivity contribution in [3.8, 4) is 40.1 Å². The third kappa shape index (κ3) is 5.46. The Morgan fingerprint density at radius 1 is 0.818 bits per heavy atom. The number of fused-ring (bicyclic) bond motifs is 2. The molecule has 0 fully saturated rings. The van der Waals surface area contributed by atoms with Crippen molar-refractivity contribution in [2.45, 2.75) is 31.5 Å². The standard InChI is InChI=1S/C34H29N3O7/c35-37-36-17-9-1-2-10-18-41-33-31(40)30-26(39)20-25(38)21-29(30)42-32(33)22-15-16-27-28(19-22)44-34(43-27,23-11-5-3-6-12-23)24-13-7-4-8-14-24/h3-8,11-16,19-21,38-39H,1-2,9-10,17-18H2. The van der Waals surface area contributed by atoms with Crippen LogP contribution in [0.3, 0.4) is 0 Å². The molecule has 0 bridgehead atoms. The zero-order valence-electron chi connectivity index (χ0n) is 23.7. The first-order chi connectivity index (χ1) is 21.5. The van der Waals surface area contributed by atoms with Crippen LogP contribution in [0, 0.1) is 0 Å². The van der Waals surface area contributed by atoms with Crippen molar-refractivity contribution in [1.82, 2.24) is 0 Å². The molecule has 0 spiro atoms. The van der Waals surface area contributed by atoms with Crippen LogP contribution in [-0.2, 0) is 5.79 Å². The van der Waals surface area contributed by atoms with E-state index in [1.54, 1.807) is 18.2 Å². The highest BCUT2D eigenvalue weighted by Crippen LogP contribution is 2.49. The van der Waals surface area contributed by atoms with Gasteiger partial charge in [-0.2, -0.15) is 0 Å². The number of aromatic hydroxyl groups is 2. The second-order valence-electron chi connectivity index (χ2n) is 10.4. The summed E-state index contributed by atoms with van der Waals surface area (Å²) in [5.74, 6) is -0.902.